The van der Waals surface area contributed by atoms with Crippen LogP contribution in [0.4, 0.5) is 5.69 Å². The molecule has 4 nitrogen and oxygen atoms in total. The molecular weight excluding hydrogens is 381 g/mol. The summed E-state index contributed by atoms with van der Waals surface area (Å²) in [7, 11) is 0. The number of ether oxygens (including phenoxy) is 1. The molecule has 25 heavy (non-hydrogen) atoms. The molecule has 2 rings (SSSR count). The molecule has 0 heterocycles. The lowest BCUT2D eigenvalue weighted by Gasteiger charge is -2.11. The van der Waals surface area contributed by atoms with Gasteiger partial charge in [0.25, 0.3) is 5.91 Å². The third-order valence-electron chi connectivity index (χ3n) is 3.23. The molecule has 0 saturated carbocycles. The maximum atomic E-state index is 11.9. The molecule has 1 N–H and O–H groups in total. The van der Waals surface area contributed by atoms with Crippen molar-refractivity contribution in [2.24, 2.45) is 0 Å². The molecule has 1 amide bonds. The lowest BCUT2D eigenvalue weighted by atomic mass is 10.2. The molecule has 0 aromatic heterocycles. The lowest BCUT2D eigenvalue weighted by molar-refractivity contribution is -0.146. The van der Waals surface area contributed by atoms with Crippen LogP contribution in [0.3, 0.4) is 0 Å². The number of rotatable bonds is 7. The highest BCUT2D eigenvalue weighted by Gasteiger charge is 2.13. The second-order valence-corrected chi connectivity index (χ2v) is 7.13. The van der Waals surface area contributed by atoms with E-state index in [2.05, 4.69) is 5.32 Å². The SMILES string of the molecule is Cc1ccc(Cl)c(NC(=O)COC(=O)CCSc2ccccc2)c1Cl. The molecule has 0 bridgehead atoms. The van der Waals surface area contributed by atoms with Crippen LogP contribution in [0.1, 0.15) is 12.0 Å². The number of nitrogens with one attached hydrogen (secondary N) is 1. The molecule has 7 heteroatoms. The largest absolute Gasteiger partial charge is 0.456 e. The van der Waals surface area contributed by atoms with Crippen molar-refractivity contribution >= 4 is 52.5 Å². The van der Waals surface area contributed by atoms with Crippen molar-refractivity contribution in [1.29, 1.82) is 0 Å². The topological polar surface area (TPSA) is 55.4 Å². The van der Waals surface area contributed by atoms with Crippen LogP contribution in [0.2, 0.25) is 10.0 Å². The van der Waals surface area contributed by atoms with Gasteiger partial charge in [0.2, 0.25) is 0 Å². The normalized spacial score (nSPS) is 10.4. The molecule has 0 saturated heterocycles. The molecular formula is C18H17Cl2NO3S. The summed E-state index contributed by atoms with van der Waals surface area (Å²) in [6.45, 7) is 1.42. The van der Waals surface area contributed by atoms with Gasteiger partial charge in [-0.25, -0.2) is 0 Å². The summed E-state index contributed by atoms with van der Waals surface area (Å²) in [5.74, 6) is -0.335. The maximum absolute atomic E-state index is 11.9. The van der Waals surface area contributed by atoms with Crippen LogP contribution >= 0.6 is 35.0 Å². The third kappa shape index (κ3) is 6.27. The third-order valence-corrected chi connectivity index (χ3v) is 5.05. The first kappa shape index (κ1) is 19.6. The van der Waals surface area contributed by atoms with E-state index in [0.29, 0.717) is 21.5 Å². The van der Waals surface area contributed by atoms with Gasteiger partial charge in [0.1, 0.15) is 0 Å². The standard InChI is InChI=1S/C18H17Cl2NO3S/c1-12-7-8-14(19)18(17(12)20)21-15(22)11-24-16(23)9-10-25-13-5-3-2-4-6-13/h2-8H,9-11H2,1H3,(H,21,22). The molecule has 0 unspecified atom stereocenters. The summed E-state index contributed by atoms with van der Waals surface area (Å²) in [5, 5.41) is 3.27. The van der Waals surface area contributed by atoms with Crippen molar-refractivity contribution in [3.63, 3.8) is 0 Å². The number of esters is 1. The zero-order valence-electron chi connectivity index (χ0n) is 13.6. The number of amides is 1. The number of hydrogen-bond acceptors (Lipinski definition) is 4. The number of anilines is 1. The summed E-state index contributed by atoms with van der Waals surface area (Å²) in [4.78, 5) is 24.7. The molecule has 0 aliphatic heterocycles. The van der Waals surface area contributed by atoms with Gasteiger partial charge in [-0.2, -0.15) is 0 Å². The smallest absolute Gasteiger partial charge is 0.307 e. The van der Waals surface area contributed by atoms with Crippen LogP contribution in [0.25, 0.3) is 0 Å². The summed E-state index contributed by atoms with van der Waals surface area (Å²) < 4.78 is 4.97. The number of thioether (sulfide) groups is 1. The molecule has 0 fully saturated rings. The fraction of sp³-hybridized carbons (Fsp3) is 0.222. The molecule has 2 aromatic carbocycles. The van der Waals surface area contributed by atoms with Gasteiger partial charge in [0, 0.05) is 10.6 Å². The summed E-state index contributed by atoms with van der Waals surface area (Å²) >= 11 is 13.7. The van der Waals surface area contributed by atoms with E-state index in [4.69, 9.17) is 27.9 Å². The molecule has 0 atom stereocenters. The average molecular weight is 398 g/mol. The molecule has 0 aliphatic carbocycles. The first-order valence-corrected chi connectivity index (χ1v) is 9.29. The number of carbonyl (C=O) groups excluding carboxylic acids is 2. The Morgan fingerprint density at radius 1 is 1.12 bits per heavy atom. The van der Waals surface area contributed by atoms with E-state index in [1.165, 1.54) is 0 Å². The monoisotopic (exact) mass is 397 g/mol. The van der Waals surface area contributed by atoms with E-state index in [9.17, 15) is 9.59 Å². The van der Waals surface area contributed by atoms with Crippen LogP contribution in [0.5, 0.6) is 0 Å². The van der Waals surface area contributed by atoms with E-state index in [-0.39, 0.29) is 13.0 Å². The molecule has 0 spiro atoms. The molecule has 132 valence electrons. The Bertz CT molecular complexity index is 753. The number of benzene rings is 2. The van der Waals surface area contributed by atoms with Crippen molar-refractivity contribution in [2.75, 3.05) is 17.7 Å². The summed E-state index contributed by atoms with van der Waals surface area (Å²) in [6, 6.07) is 13.1. The predicted octanol–water partition coefficient (Wildman–Crippen LogP) is 4.97. The van der Waals surface area contributed by atoms with Crippen LogP contribution in [-0.4, -0.2) is 24.2 Å². The van der Waals surface area contributed by atoms with E-state index in [0.717, 1.165) is 10.5 Å². The number of aryl methyl sites for hydroxylation is 1. The Hall–Kier alpha value is -1.69. The van der Waals surface area contributed by atoms with Gasteiger partial charge in [-0.15, -0.1) is 11.8 Å². The predicted molar refractivity (Wildman–Crippen MR) is 103 cm³/mol. The van der Waals surface area contributed by atoms with Crippen LogP contribution < -0.4 is 5.32 Å². The van der Waals surface area contributed by atoms with E-state index in [1.807, 2.05) is 30.3 Å². The highest BCUT2D eigenvalue weighted by molar-refractivity contribution is 7.99. The van der Waals surface area contributed by atoms with Crippen molar-refractivity contribution in [3.05, 3.63) is 58.1 Å². The van der Waals surface area contributed by atoms with Gasteiger partial charge in [-0.05, 0) is 30.7 Å². The van der Waals surface area contributed by atoms with Crippen molar-refractivity contribution in [1.82, 2.24) is 0 Å². The van der Waals surface area contributed by atoms with Gasteiger partial charge < -0.3 is 10.1 Å². The van der Waals surface area contributed by atoms with Gasteiger partial charge >= 0.3 is 5.97 Å². The second-order valence-electron chi connectivity index (χ2n) is 5.17. The first-order chi connectivity index (χ1) is 12.0. The van der Waals surface area contributed by atoms with Crippen molar-refractivity contribution in [2.45, 2.75) is 18.2 Å². The highest BCUT2D eigenvalue weighted by Crippen LogP contribution is 2.32. The molecule has 0 aliphatic rings. The van der Waals surface area contributed by atoms with Crippen LogP contribution in [0.15, 0.2) is 47.4 Å². The Balaban J connectivity index is 1.74. The van der Waals surface area contributed by atoms with Gasteiger partial charge in [0.15, 0.2) is 6.61 Å². The number of carbonyl (C=O) groups is 2. The fourth-order valence-electron chi connectivity index (χ4n) is 1.93. The Morgan fingerprint density at radius 3 is 2.56 bits per heavy atom. The minimum absolute atomic E-state index is 0.221. The summed E-state index contributed by atoms with van der Waals surface area (Å²) in [5.41, 5.74) is 1.11. The van der Waals surface area contributed by atoms with Crippen LogP contribution in [0, 0.1) is 6.92 Å². The van der Waals surface area contributed by atoms with E-state index < -0.39 is 11.9 Å². The Labute approximate surface area is 160 Å². The number of halogens is 2. The minimum Gasteiger partial charge on any atom is -0.456 e. The molecule has 0 radical (unpaired) electrons. The highest BCUT2D eigenvalue weighted by atomic mass is 35.5. The lowest BCUT2D eigenvalue weighted by Crippen LogP contribution is -2.21. The van der Waals surface area contributed by atoms with Crippen molar-refractivity contribution in [3.8, 4) is 0 Å². The van der Waals surface area contributed by atoms with Gasteiger partial charge in [0.05, 0.1) is 22.2 Å². The quantitative estimate of drug-likeness (QED) is 0.529. The second kappa shape index (κ2) is 9.70. The van der Waals surface area contributed by atoms with E-state index >= 15 is 0 Å². The first-order valence-electron chi connectivity index (χ1n) is 7.55. The average Bonchev–Trinajstić information content (AvgIpc) is 2.61. The van der Waals surface area contributed by atoms with E-state index in [1.54, 1.807) is 30.8 Å². The van der Waals surface area contributed by atoms with Crippen LogP contribution in [-0.2, 0) is 14.3 Å². The van der Waals surface area contributed by atoms with Gasteiger partial charge in [-0.1, -0.05) is 47.5 Å². The molecule has 2 aromatic rings. The zero-order chi connectivity index (χ0) is 18.2. The minimum atomic E-state index is -0.488. The summed E-state index contributed by atoms with van der Waals surface area (Å²) in [6.07, 6.45) is 0.221. The maximum Gasteiger partial charge on any atom is 0.307 e. The number of hydrogen-bond donors (Lipinski definition) is 1. The van der Waals surface area contributed by atoms with Crippen molar-refractivity contribution < 1.29 is 14.3 Å². The Morgan fingerprint density at radius 2 is 1.84 bits per heavy atom. The zero-order valence-corrected chi connectivity index (χ0v) is 15.9. The van der Waals surface area contributed by atoms with Gasteiger partial charge in [-0.3, -0.25) is 9.59 Å². The fourth-order valence-corrected chi connectivity index (χ4v) is 3.25. The Kier molecular flexibility index (Phi) is 7.62.